The van der Waals surface area contributed by atoms with Crippen molar-refractivity contribution >= 4 is 22.0 Å². The van der Waals surface area contributed by atoms with Gasteiger partial charge in [-0.1, -0.05) is 46.3 Å². The lowest BCUT2D eigenvalue weighted by Crippen LogP contribution is -2.47. The summed E-state index contributed by atoms with van der Waals surface area (Å²) in [6.07, 6.45) is -0.529. The van der Waals surface area contributed by atoms with Crippen LogP contribution in [0.5, 0.6) is 0 Å². The number of aliphatic hydroxyl groups excluding tert-OH is 1. The number of alkyl carbamates (subject to hydrolysis) is 1. The summed E-state index contributed by atoms with van der Waals surface area (Å²) >= 11 is 3.34. The summed E-state index contributed by atoms with van der Waals surface area (Å²) in [6.45, 7) is 5.99. The van der Waals surface area contributed by atoms with Crippen molar-refractivity contribution in [1.29, 1.82) is 0 Å². The molecule has 5 nitrogen and oxygen atoms in total. The summed E-state index contributed by atoms with van der Waals surface area (Å²) in [5.41, 5.74) is 0.481. The summed E-state index contributed by atoms with van der Waals surface area (Å²) < 4.78 is 10.8. The molecule has 0 aromatic heterocycles. The maximum atomic E-state index is 11.8. The zero-order valence-electron chi connectivity index (χ0n) is 13.2. The number of aliphatic hydroxyl groups is 1. The molecular formula is C16H24BrNO4. The fourth-order valence-electron chi connectivity index (χ4n) is 1.70. The first-order valence-corrected chi connectivity index (χ1v) is 8.09. The van der Waals surface area contributed by atoms with Crippen LogP contribution >= 0.6 is 15.9 Å². The van der Waals surface area contributed by atoms with E-state index in [1.54, 1.807) is 20.8 Å². The van der Waals surface area contributed by atoms with Crippen LogP contribution in [-0.4, -0.2) is 40.9 Å². The predicted molar refractivity (Wildman–Crippen MR) is 89.1 cm³/mol. The van der Waals surface area contributed by atoms with Gasteiger partial charge >= 0.3 is 6.09 Å². The van der Waals surface area contributed by atoms with Gasteiger partial charge in [0.25, 0.3) is 0 Å². The number of hydrogen-bond donors (Lipinski definition) is 2. The van der Waals surface area contributed by atoms with Crippen molar-refractivity contribution in [1.82, 2.24) is 5.32 Å². The highest BCUT2D eigenvalue weighted by molar-refractivity contribution is 9.09. The molecule has 0 unspecified atom stereocenters. The third-order valence-corrected chi connectivity index (χ3v) is 3.65. The van der Waals surface area contributed by atoms with E-state index < -0.39 is 11.7 Å². The number of carbonyl (C=O) groups is 1. The second-order valence-electron chi connectivity index (χ2n) is 5.95. The third-order valence-electron chi connectivity index (χ3n) is 2.72. The molecule has 0 aliphatic heterocycles. The van der Waals surface area contributed by atoms with E-state index in [0.717, 1.165) is 5.56 Å². The number of hydrogen-bond acceptors (Lipinski definition) is 4. The van der Waals surface area contributed by atoms with Gasteiger partial charge in [-0.25, -0.2) is 4.79 Å². The van der Waals surface area contributed by atoms with Crippen molar-refractivity contribution in [2.24, 2.45) is 0 Å². The number of carbonyl (C=O) groups excluding carboxylic acids is 1. The highest BCUT2D eigenvalue weighted by Gasteiger charge is 2.24. The number of amides is 1. The smallest absolute Gasteiger partial charge is 0.407 e. The van der Waals surface area contributed by atoms with Gasteiger partial charge in [-0.05, 0) is 26.3 Å². The fourth-order valence-corrected chi connectivity index (χ4v) is 1.99. The van der Waals surface area contributed by atoms with Crippen LogP contribution in [0.2, 0.25) is 0 Å². The molecule has 0 saturated carbocycles. The van der Waals surface area contributed by atoms with Crippen LogP contribution in [0.1, 0.15) is 26.3 Å². The Morgan fingerprint density at radius 1 is 1.32 bits per heavy atom. The minimum absolute atomic E-state index is 0.116. The second kappa shape index (κ2) is 9.12. The molecule has 1 amide bonds. The zero-order valence-corrected chi connectivity index (χ0v) is 14.8. The lowest BCUT2D eigenvalue weighted by molar-refractivity contribution is 0.0416. The molecule has 124 valence electrons. The Labute approximate surface area is 140 Å². The van der Waals surface area contributed by atoms with Crippen molar-refractivity contribution in [2.75, 3.05) is 13.2 Å². The van der Waals surface area contributed by atoms with Gasteiger partial charge in [0.05, 0.1) is 30.7 Å². The first-order valence-electron chi connectivity index (χ1n) is 7.18. The van der Waals surface area contributed by atoms with Crippen LogP contribution < -0.4 is 5.32 Å². The van der Waals surface area contributed by atoms with Crippen LogP contribution in [0, 0.1) is 0 Å². The van der Waals surface area contributed by atoms with Crippen molar-refractivity contribution in [2.45, 2.75) is 43.8 Å². The van der Waals surface area contributed by atoms with E-state index in [2.05, 4.69) is 21.2 Å². The van der Waals surface area contributed by atoms with Gasteiger partial charge in [-0.2, -0.15) is 0 Å². The molecule has 2 N–H and O–H groups in total. The first kappa shape index (κ1) is 18.9. The van der Waals surface area contributed by atoms with Crippen molar-refractivity contribution in [3.05, 3.63) is 35.9 Å². The minimum Gasteiger partial charge on any atom is -0.444 e. The normalized spacial score (nSPS) is 14.2. The molecule has 0 heterocycles. The number of alkyl halides is 1. The molecule has 1 aromatic carbocycles. The number of benzene rings is 1. The van der Waals surface area contributed by atoms with Crippen LogP contribution in [0.4, 0.5) is 4.79 Å². The van der Waals surface area contributed by atoms with Crippen LogP contribution in [0.15, 0.2) is 30.3 Å². The average Bonchev–Trinajstić information content (AvgIpc) is 2.44. The molecule has 6 heteroatoms. The van der Waals surface area contributed by atoms with Crippen LogP contribution in [-0.2, 0) is 16.1 Å². The van der Waals surface area contributed by atoms with E-state index in [1.165, 1.54) is 0 Å². The van der Waals surface area contributed by atoms with Crippen molar-refractivity contribution in [3.8, 4) is 0 Å². The summed E-state index contributed by atoms with van der Waals surface area (Å²) in [7, 11) is 0. The Balaban J connectivity index is 2.48. The van der Waals surface area contributed by atoms with E-state index >= 15 is 0 Å². The summed E-state index contributed by atoms with van der Waals surface area (Å²) in [6, 6.07) is 9.37. The number of rotatable bonds is 7. The van der Waals surface area contributed by atoms with Crippen molar-refractivity contribution in [3.63, 3.8) is 0 Å². The molecule has 0 aliphatic rings. The highest BCUT2D eigenvalue weighted by Crippen LogP contribution is 2.11. The first-order chi connectivity index (χ1) is 10.3. The monoisotopic (exact) mass is 373 g/mol. The largest absolute Gasteiger partial charge is 0.444 e. The highest BCUT2D eigenvalue weighted by atomic mass is 79.9. The quantitative estimate of drug-likeness (QED) is 0.721. The topological polar surface area (TPSA) is 67.8 Å². The minimum atomic E-state index is -0.569. The van der Waals surface area contributed by atoms with Gasteiger partial charge in [0.2, 0.25) is 0 Å². The lowest BCUT2D eigenvalue weighted by Gasteiger charge is -2.25. The van der Waals surface area contributed by atoms with Crippen LogP contribution in [0.3, 0.4) is 0 Å². The molecule has 2 atom stereocenters. The summed E-state index contributed by atoms with van der Waals surface area (Å²) in [5, 5.41) is 12.0. The number of halogens is 1. The van der Waals surface area contributed by atoms with Gasteiger partial charge in [0.15, 0.2) is 0 Å². The van der Waals surface area contributed by atoms with Gasteiger partial charge in [0.1, 0.15) is 5.60 Å². The molecule has 1 aromatic rings. The molecule has 22 heavy (non-hydrogen) atoms. The maximum Gasteiger partial charge on any atom is 0.407 e. The van der Waals surface area contributed by atoms with Gasteiger partial charge in [-0.15, -0.1) is 0 Å². The summed E-state index contributed by atoms with van der Waals surface area (Å²) in [4.78, 5) is 11.5. The Hall–Kier alpha value is -1.11. The molecule has 0 saturated heterocycles. The van der Waals surface area contributed by atoms with Gasteiger partial charge < -0.3 is 19.9 Å². The SMILES string of the molecule is CC(C)(C)OC(=O)N[C@@H](COCc1ccccc1)[C@@H](Br)CO. The molecular weight excluding hydrogens is 350 g/mol. The van der Waals surface area contributed by atoms with Crippen LogP contribution in [0.25, 0.3) is 0 Å². The second-order valence-corrected chi connectivity index (χ2v) is 7.13. The molecule has 1 rings (SSSR count). The van der Waals surface area contributed by atoms with Gasteiger partial charge in [0, 0.05) is 0 Å². The molecule has 0 fully saturated rings. The fraction of sp³-hybridized carbons (Fsp3) is 0.562. The average molecular weight is 374 g/mol. The molecule has 0 spiro atoms. The van der Waals surface area contributed by atoms with E-state index in [4.69, 9.17) is 9.47 Å². The molecule has 0 bridgehead atoms. The Bertz CT molecular complexity index is 447. The lowest BCUT2D eigenvalue weighted by atomic mass is 10.2. The Kier molecular flexibility index (Phi) is 7.85. The van der Waals surface area contributed by atoms with E-state index in [0.29, 0.717) is 6.61 Å². The molecule has 0 radical (unpaired) electrons. The van der Waals surface area contributed by atoms with E-state index in [-0.39, 0.29) is 24.1 Å². The molecule has 0 aliphatic carbocycles. The number of ether oxygens (including phenoxy) is 2. The van der Waals surface area contributed by atoms with Gasteiger partial charge in [-0.3, -0.25) is 0 Å². The Morgan fingerprint density at radius 3 is 2.50 bits per heavy atom. The standard InChI is InChI=1S/C16H24BrNO4/c1-16(2,3)22-15(20)18-14(13(17)9-19)11-21-10-12-7-5-4-6-8-12/h4-8,13-14,19H,9-11H2,1-3H3,(H,18,20)/t13-,14-/m0/s1. The zero-order chi connectivity index (χ0) is 16.6. The Morgan fingerprint density at radius 2 is 1.95 bits per heavy atom. The maximum absolute atomic E-state index is 11.8. The van der Waals surface area contributed by atoms with Crippen molar-refractivity contribution < 1.29 is 19.4 Å². The predicted octanol–water partition coefficient (Wildman–Crippen LogP) is 2.85. The van der Waals surface area contributed by atoms with E-state index in [1.807, 2.05) is 30.3 Å². The van der Waals surface area contributed by atoms with E-state index in [9.17, 15) is 9.90 Å². The third kappa shape index (κ3) is 7.77. The summed E-state index contributed by atoms with van der Waals surface area (Å²) in [5.74, 6) is 0. The number of nitrogens with one attached hydrogen (secondary N) is 1.